The number of nitrogen functional groups attached to an aromatic ring is 1. The minimum absolute atomic E-state index is 0.208. The Morgan fingerprint density at radius 3 is 2.81 bits per heavy atom. The molecule has 26 heavy (non-hydrogen) atoms. The average molecular weight is 355 g/mol. The van der Waals surface area contributed by atoms with Crippen LogP contribution in [0, 0.1) is 0 Å². The van der Waals surface area contributed by atoms with Gasteiger partial charge in [0.05, 0.1) is 19.5 Å². The van der Waals surface area contributed by atoms with Gasteiger partial charge in [-0.2, -0.15) is 9.67 Å². The molecule has 0 fully saturated rings. The van der Waals surface area contributed by atoms with Crippen LogP contribution in [0.15, 0.2) is 36.7 Å². The zero-order valence-electron chi connectivity index (χ0n) is 14.8. The Balaban J connectivity index is 1.83. The Kier molecular flexibility index (Phi) is 5.13. The Bertz CT molecular complexity index is 878. The molecule has 0 radical (unpaired) electrons. The summed E-state index contributed by atoms with van der Waals surface area (Å²) in [6.07, 6.45) is 1.45. The maximum atomic E-state index is 6.00. The molecule has 136 valence electrons. The molecule has 0 bridgehead atoms. The lowest BCUT2D eigenvalue weighted by Crippen LogP contribution is -2.21. The van der Waals surface area contributed by atoms with Crippen LogP contribution in [0.1, 0.15) is 0 Å². The van der Waals surface area contributed by atoms with Gasteiger partial charge in [-0.15, -0.1) is 5.10 Å². The number of para-hydroxylation sites is 2. The molecule has 0 saturated heterocycles. The fourth-order valence-electron chi connectivity index (χ4n) is 2.21. The van der Waals surface area contributed by atoms with Gasteiger partial charge in [0.25, 0.3) is 0 Å². The van der Waals surface area contributed by atoms with Crippen LogP contribution in [-0.4, -0.2) is 57.5 Å². The quantitative estimate of drug-likeness (QED) is 0.539. The molecule has 0 aliphatic rings. The van der Waals surface area contributed by atoms with Gasteiger partial charge in [0.1, 0.15) is 17.9 Å². The number of nitrogens with two attached hydrogens (primary N) is 1. The van der Waals surface area contributed by atoms with Crippen molar-refractivity contribution < 1.29 is 4.74 Å². The number of rotatable bonds is 7. The number of aromatic nitrogens is 5. The van der Waals surface area contributed by atoms with Crippen molar-refractivity contribution in [1.29, 1.82) is 0 Å². The predicted octanol–water partition coefficient (Wildman–Crippen LogP) is 1.32. The predicted molar refractivity (Wildman–Crippen MR) is 99.8 cm³/mol. The highest BCUT2D eigenvalue weighted by molar-refractivity contribution is 5.63. The summed E-state index contributed by atoms with van der Waals surface area (Å²) in [4.78, 5) is 14.6. The van der Waals surface area contributed by atoms with E-state index in [0.717, 1.165) is 5.69 Å². The van der Waals surface area contributed by atoms with E-state index in [0.29, 0.717) is 30.0 Å². The van der Waals surface area contributed by atoms with Crippen molar-refractivity contribution in [3.8, 4) is 11.6 Å². The number of nitrogens with one attached hydrogen (secondary N) is 2. The van der Waals surface area contributed by atoms with E-state index in [1.54, 1.807) is 13.2 Å². The summed E-state index contributed by atoms with van der Waals surface area (Å²) in [5.41, 5.74) is 6.74. The fourth-order valence-corrected chi connectivity index (χ4v) is 2.21. The molecule has 0 atom stereocenters. The first kappa shape index (κ1) is 17.4. The molecule has 4 N–H and O–H groups in total. The number of nitrogens with zero attached hydrogens (tertiary/aromatic N) is 6. The van der Waals surface area contributed by atoms with Gasteiger partial charge in [0.2, 0.25) is 11.9 Å². The van der Waals surface area contributed by atoms with Crippen molar-refractivity contribution in [3.63, 3.8) is 0 Å². The molecule has 0 aliphatic carbocycles. The molecule has 0 saturated carbocycles. The average Bonchev–Trinajstić information content (AvgIpc) is 3.01. The highest BCUT2D eigenvalue weighted by Crippen LogP contribution is 2.26. The normalized spacial score (nSPS) is 10.8. The van der Waals surface area contributed by atoms with E-state index in [-0.39, 0.29) is 5.95 Å². The van der Waals surface area contributed by atoms with E-state index in [1.807, 2.05) is 43.3 Å². The molecule has 10 nitrogen and oxygen atoms in total. The van der Waals surface area contributed by atoms with Crippen molar-refractivity contribution in [2.24, 2.45) is 0 Å². The van der Waals surface area contributed by atoms with E-state index in [1.165, 1.54) is 11.0 Å². The second kappa shape index (κ2) is 7.66. The molecule has 3 aromatic rings. The van der Waals surface area contributed by atoms with Crippen molar-refractivity contribution in [2.75, 3.05) is 44.2 Å². The summed E-state index contributed by atoms with van der Waals surface area (Å²) in [7, 11) is 5.52. The minimum atomic E-state index is 0.208. The zero-order chi connectivity index (χ0) is 18.5. The van der Waals surface area contributed by atoms with Crippen molar-refractivity contribution in [2.45, 2.75) is 0 Å². The maximum absolute atomic E-state index is 6.00. The first-order valence-corrected chi connectivity index (χ1v) is 7.90. The van der Waals surface area contributed by atoms with Gasteiger partial charge in [-0.3, -0.25) is 4.90 Å². The number of hydrogen-bond donors (Lipinski definition) is 3. The third-order valence-corrected chi connectivity index (χ3v) is 3.43. The van der Waals surface area contributed by atoms with Gasteiger partial charge in [0, 0.05) is 6.07 Å². The van der Waals surface area contributed by atoms with Crippen LogP contribution in [0.5, 0.6) is 5.75 Å². The summed E-state index contributed by atoms with van der Waals surface area (Å²) in [5.74, 6) is 2.41. The van der Waals surface area contributed by atoms with Crippen molar-refractivity contribution in [3.05, 3.63) is 36.7 Å². The Morgan fingerprint density at radius 1 is 1.23 bits per heavy atom. The largest absolute Gasteiger partial charge is 0.495 e. The van der Waals surface area contributed by atoms with Crippen LogP contribution >= 0.6 is 0 Å². The van der Waals surface area contributed by atoms with E-state index in [4.69, 9.17) is 10.5 Å². The Hall–Kier alpha value is -3.40. The molecule has 0 amide bonds. The van der Waals surface area contributed by atoms with Crippen LogP contribution in [0.25, 0.3) is 5.82 Å². The lowest BCUT2D eigenvalue weighted by molar-refractivity contribution is 0.417. The first-order valence-electron chi connectivity index (χ1n) is 7.90. The monoisotopic (exact) mass is 355 g/mol. The summed E-state index contributed by atoms with van der Waals surface area (Å²) < 4.78 is 6.76. The highest BCUT2D eigenvalue weighted by Gasteiger charge is 2.12. The van der Waals surface area contributed by atoms with E-state index in [2.05, 4.69) is 30.7 Å². The molecule has 1 aromatic carbocycles. The van der Waals surface area contributed by atoms with Crippen LogP contribution in [0.3, 0.4) is 0 Å². The molecule has 3 rings (SSSR count). The number of benzene rings is 1. The highest BCUT2D eigenvalue weighted by atomic mass is 16.5. The molecule has 10 heteroatoms. The molecule has 2 heterocycles. The maximum Gasteiger partial charge on any atom is 0.249 e. The van der Waals surface area contributed by atoms with Gasteiger partial charge in [-0.1, -0.05) is 12.1 Å². The van der Waals surface area contributed by atoms with E-state index < -0.39 is 0 Å². The summed E-state index contributed by atoms with van der Waals surface area (Å²) >= 11 is 0. The Morgan fingerprint density at radius 2 is 2.04 bits per heavy atom. The van der Waals surface area contributed by atoms with Gasteiger partial charge in [0.15, 0.2) is 5.82 Å². The van der Waals surface area contributed by atoms with E-state index >= 15 is 0 Å². The van der Waals surface area contributed by atoms with Crippen LogP contribution in [0.2, 0.25) is 0 Å². The zero-order valence-corrected chi connectivity index (χ0v) is 14.8. The minimum Gasteiger partial charge on any atom is -0.495 e. The molecular weight excluding hydrogens is 334 g/mol. The van der Waals surface area contributed by atoms with Crippen LogP contribution in [0.4, 0.5) is 23.4 Å². The summed E-state index contributed by atoms with van der Waals surface area (Å²) in [5, 5.41) is 10.6. The first-order chi connectivity index (χ1) is 12.6. The standard InChI is InChI=1S/C16H21N9O/c1-24(2)10-20-13-8-14(19-9-18-13)25-15(17)22-16(23-25)21-11-6-4-5-7-12(11)26-3/h4-9H,10H2,1-3H3,(H,18,19,20)(H3,17,21,22,23). The Labute approximate surface area is 151 Å². The second-order valence-corrected chi connectivity index (χ2v) is 5.71. The second-order valence-electron chi connectivity index (χ2n) is 5.71. The fraction of sp³-hybridized carbons (Fsp3) is 0.250. The van der Waals surface area contributed by atoms with Crippen LogP contribution < -0.4 is 21.1 Å². The van der Waals surface area contributed by atoms with Gasteiger partial charge < -0.3 is 21.1 Å². The van der Waals surface area contributed by atoms with Gasteiger partial charge in [-0.25, -0.2) is 9.97 Å². The molecule has 2 aromatic heterocycles. The van der Waals surface area contributed by atoms with Gasteiger partial charge >= 0.3 is 0 Å². The van der Waals surface area contributed by atoms with Crippen LogP contribution in [-0.2, 0) is 0 Å². The lowest BCUT2D eigenvalue weighted by atomic mass is 10.3. The van der Waals surface area contributed by atoms with Crippen molar-refractivity contribution >= 4 is 23.4 Å². The topological polar surface area (TPSA) is 119 Å². The lowest BCUT2D eigenvalue weighted by Gasteiger charge is -2.11. The smallest absolute Gasteiger partial charge is 0.249 e. The summed E-state index contributed by atoms with van der Waals surface area (Å²) in [6.45, 7) is 0.643. The number of anilines is 4. The van der Waals surface area contributed by atoms with Gasteiger partial charge in [-0.05, 0) is 26.2 Å². The summed E-state index contributed by atoms with van der Waals surface area (Å²) in [6, 6.07) is 9.23. The molecule has 0 aliphatic heterocycles. The van der Waals surface area contributed by atoms with E-state index in [9.17, 15) is 0 Å². The third-order valence-electron chi connectivity index (χ3n) is 3.43. The number of methoxy groups -OCH3 is 1. The van der Waals surface area contributed by atoms with Crippen molar-refractivity contribution in [1.82, 2.24) is 29.6 Å². The number of ether oxygens (including phenoxy) is 1. The molecule has 0 unspecified atom stereocenters. The third kappa shape index (κ3) is 3.98. The number of hydrogen-bond acceptors (Lipinski definition) is 9. The molecular formula is C16H21N9O. The SMILES string of the molecule is COc1ccccc1Nc1nc(N)n(-c2cc(NCN(C)C)ncn2)n1. The molecule has 0 spiro atoms.